The molecule has 0 fully saturated rings. The van der Waals surface area contributed by atoms with Gasteiger partial charge in [-0.3, -0.25) is 4.79 Å². The van der Waals surface area contributed by atoms with Gasteiger partial charge in [0.15, 0.2) is 0 Å². The summed E-state index contributed by atoms with van der Waals surface area (Å²) in [5.74, 6) is -1.19. The van der Waals surface area contributed by atoms with Gasteiger partial charge >= 0.3 is 0 Å². The normalized spacial score (nSPS) is 10.2. The highest BCUT2D eigenvalue weighted by molar-refractivity contribution is 6.33. The summed E-state index contributed by atoms with van der Waals surface area (Å²) in [5, 5.41) is 2.69. The van der Waals surface area contributed by atoms with Crippen LogP contribution in [0.5, 0.6) is 0 Å². The second kappa shape index (κ2) is 5.71. The second-order valence-electron chi connectivity index (χ2n) is 4.02. The number of hydrogen-bond donors (Lipinski definition) is 2. The van der Waals surface area contributed by atoms with Gasteiger partial charge in [-0.15, -0.1) is 0 Å². The highest BCUT2D eigenvalue weighted by Crippen LogP contribution is 2.18. The third kappa shape index (κ3) is 3.23. The number of amides is 1. The van der Waals surface area contributed by atoms with E-state index in [-0.39, 0.29) is 17.1 Å². The number of nitrogens with two attached hydrogens (primary N) is 1. The highest BCUT2D eigenvalue weighted by Gasteiger charge is 2.15. The van der Waals surface area contributed by atoms with Crippen molar-refractivity contribution in [2.45, 2.75) is 6.54 Å². The van der Waals surface area contributed by atoms with Gasteiger partial charge < -0.3 is 11.1 Å². The SMILES string of the molecule is Nc1cccc(CNC(=O)c2c(F)cccc2Cl)c1. The van der Waals surface area contributed by atoms with Crippen molar-refractivity contribution in [2.24, 2.45) is 0 Å². The number of benzene rings is 2. The van der Waals surface area contributed by atoms with Gasteiger partial charge in [0.25, 0.3) is 5.91 Å². The lowest BCUT2D eigenvalue weighted by molar-refractivity contribution is 0.0947. The van der Waals surface area contributed by atoms with Crippen LogP contribution < -0.4 is 11.1 Å². The quantitative estimate of drug-likeness (QED) is 0.848. The molecule has 0 saturated carbocycles. The number of halogens is 2. The molecule has 0 unspecified atom stereocenters. The Bertz CT molecular complexity index is 596. The summed E-state index contributed by atoms with van der Waals surface area (Å²) in [7, 11) is 0. The first-order valence-electron chi connectivity index (χ1n) is 5.64. The van der Waals surface area contributed by atoms with Crippen molar-refractivity contribution in [3.63, 3.8) is 0 Å². The largest absolute Gasteiger partial charge is 0.399 e. The van der Waals surface area contributed by atoms with Crippen molar-refractivity contribution in [3.05, 3.63) is 64.4 Å². The zero-order valence-corrected chi connectivity index (χ0v) is 10.7. The van der Waals surface area contributed by atoms with E-state index in [0.29, 0.717) is 5.69 Å². The molecule has 1 amide bonds. The average Bonchev–Trinajstić information content (AvgIpc) is 2.36. The Hall–Kier alpha value is -2.07. The Morgan fingerprint density at radius 3 is 2.68 bits per heavy atom. The van der Waals surface area contributed by atoms with Crippen molar-refractivity contribution < 1.29 is 9.18 Å². The lowest BCUT2D eigenvalue weighted by atomic mass is 10.1. The van der Waals surface area contributed by atoms with Gasteiger partial charge in [0.1, 0.15) is 5.82 Å². The summed E-state index contributed by atoms with van der Waals surface area (Å²) in [6, 6.07) is 11.2. The van der Waals surface area contributed by atoms with Gasteiger partial charge in [-0.1, -0.05) is 29.8 Å². The van der Waals surface area contributed by atoms with Crippen LogP contribution in [0.3, 0.4) is 0 Å². The molecule has 98 valence electrons. The minimum Gasteiger partial charge on any atom is -0.399 e. The lowest BCUT2D eigenvalue weighted by Crippen LogP contribution is -2.24. The Morgan fingerprint density at radius 1 is 1.26 bits per heavy atom. The van der Waals surface area contributed by atoms with E-state index in [4.69, 9.17) is 17.3 Å². The molecule has 2 aromatic rings. The molecule has 0 bridgehead atoms. The maximum absolute atomic E-state index is 13.5. The molecule has 0 aromatic heterocycles. The number of carbonyl (C=O) groups is 1. The predicted octanol–water partition coefficient (Wildman–Crippen LogP) is 2.99. The first kappa shape index (κ1) is 13.4. The summed E-state index contributed by atoms with van der Waals surface area (Å²) < 4.78 is 13.5. The maximum atomic E-state index is 13.5. The van der Waals surface area contributed by atoms with Crippen LogP contribution in [0.25, 0.3) is 0 Å². The third-order valence-corrected chi connectivity index (χ3v) is 2.91. The number of anilines is 1. The van der Waals surface area contributed by atoms with E-state index in [1.165, 1.54) is 18.2 Å². The van der Waals surface area contributed by atoms with Crippen molar-refractivity contribution >= 4 is 23.2 Å². The van der Waals surface area contributed by atoms with Crippen LogP contribution in [0.2, 0.25) is 5.02 Å². The van der Waals surface area contributed by atoms with Gasteiger partial charge in [-0.2, -0.15) is 0 Å². The molecule has 3 nitrogen and oxygen atoms in total. The number of nitrogen functional groups attached to an aromatic ring is 1. The Labute approximate surface area is 115 Å². The third-order valence-electron chi connectivity index (χ3n) is 2.59. The van der Waals surface area contributed by atoms with Crippen molar-refractivity contribution in [3.8, 4) is 0 Å². The molecule has 0 radical (unpaired) electrons. The molecule has 0 aliphatic rings. The number of carbonyl (C=O) groups excluding carboxylic acids is 1. The van der Waals surface area contributed by atoms with E-state index in [9.17, 15) is 9.18 Å². The lowest BCUT2D eigenvalue weighted by Gasteiger charge is -2.08. The first-order chi connectivity index (χ1) is 9.08. The maximum Gasteiger partial charge on any atom is 0.256 e. The first-order valence-corrected chi connectivity index (χ1v) is 6.02. The molecule has 2 aromatic carbocycles. The monoisotopic (exact) mass is 278 g/mol. The summed E-state index contributed by atoms with van der Waals surface area (Å²) >= 11 is 5.81. The van der Waals surface area contributed by atoms with Crippen LogP contribution in [0.1, 0.15) is 15.9 Å². The molecule has 2 rings (SSSR count). The summed E-state index contributed by atoms with van der Waals surface area (Å²) in [5.41, 5.74) is 6.93. The molecule has 3 N–H and O–H groups in total. The topological polar surface area (TPSA) is 55.1 Å². The molecular formula is C14H12ClFN2O. The number of hydrogen-bond acceptors (Lipinski definition) is 2. The van der Waals surface area contributed by atoms with Crippen molar-refractivity contribution in [1.82, 2.24) is 5.32 Å². The van der Waals surface area contributed by atoms with Gasteiger partial charge in [0, 0.05) is 12.2 Å². The summed E-state index contributed by atoms with van der Waals surface area (Å²) in [6.45, 7) is 0.258. The number of rotatable bonds is 3. The highest BCUT2D eigenvalue weighted by atomic mass is 35.5. The van der Waals surface area contributed by atoms with Crippen LogP contribution in [-0.2, 0) is 6.54 Å². The molecule has 19 heavy (non-hydrogen) atoms. The van der Waals surface area contributed by atoms with E-state index in [0.717, 1.165) is 5.56 Å². The Kier molecular flexibility index (Phi) is 4.02. The smallest absolute Gasteiger partial charge is 0.256 e. The van der Waals surface area contributed by atoms with E-state index in [2.05, 4.69) is 5.32 Å². The fraction of sp³-hybridized carbons (Fsp3) is 0.0714. The molecule has 5 heteroatoms. The Balaban J connectivity index is 2.10. The van der Waals surface area contributed by atoms with E-state index in [1.807, 2.05) is 6.07 Å². The van der Waals surface area contributed by atoms with Crippen LogP contribution in [0, 0.1) is 5.82 Å². The zero-order valence-electron chi connectivity index (χ0n) is 9.99. The molecule has 0 spiro atoms. The van der Waals surface area contributed by atoms with Crippen LogP contribution in [0.15, 0.2) is 42.5 Å². The second-order valence-corrected chi connectivity index (χ2v) is 4.43. The number of nitrogens with one attached hydrogen (secondary N) is 1. The van der Waals surface area contributed by atoms with Crippen LogP contribution in [0.4, 0.5) is 10.1 Å². The minimum absolute atomic E-state index is 0.0880. The van der Waals surface area contributed by atoms with Gasteiger partial charge in [0.05, 0.1) is 10.6 Å². The summed E-state index contributed by atoms with van der Waals surface area (Å²) in [6.07, 6.45) is 0. The fourth-order valence-electron chi connectivity index (χ4n) is 1.69. The van der Waals surface area contributed by atoms with Crippen molar-refractivity contribution in [1.29, 1.82) is 0 Å². The average molecular weight is 279 g/mol. The van der Waals surface area contributed by atoms with Crippen LogP contribution in [-0.4, -0.2) is 5.91 Å². The molecule has 0 saturated heterocycles. The van der Waals surface area contributed by atoms with Gasteiger partial charge in [-0.25, -0.2) is 4.39 Å². The molecule has 0 aliphatic heterocycles. The van der Waals surface area contributed by atoms with E-state index >= 15 is 0 Å². The minimum atomic E-state index is -0.641. The Morgan fingerprint density at radius 2 is 2.00 bits per heavy atom. The fourth-order valence-corrected chi connectivity index (χ4v) is 1.94. The molecule has 0 aliphatic carbocycles. The molecular weight excluding hydrogens is 267 g/mol. The molecule has 0 heterocycles. The van der Waals surface area contributed by atoms with Crippen LogP contribution >= 0.6 is 11.6 Å². The van der Waals surface area contributed by atoms with Crippen molar-refractivity contribution in [2.75, 3.05) is 5.73 Å². The van der Waals surface area contributed by atoms with Gasteiger partial charge in [-0.05, 0) is 29.8 Å². The summed E-state index contributed by atoms with van der Waals surface area (Å²) in [4.78, 5) is 11.9. The molecule has 0 atom stereocenters. The van der Waals surface area contributed by atoms with Gasteiger partial charge in [0.2, 0.25) is 0 Å². The predicted molar refractivity (Wildman–Crippen MR) is 73.4 cm³/mol. The van der Waals surface area contributed by atoms with E-state index in [1.54, 1.807) is 18.2 Å². The zero-order chi connectivity index (χ0) is 13.8. The standard InChI is InChI=1S/C14H12ClFN2O/c15-11-5-2-6-12(16)13(11)14(19)18-8-9-3-1-4-10(17)7-9/h1-7H,8,17H2,(H,18,19). The van der Waals surface area contributed by atoms with E-state index < -0.39 is 11.7 Å².